The highest BCUT2D eigenvalue weighted by Gasteiger charge is 2.41. The Morgan fingerprint density at radius 3 is 2.30 bits per heavy atom. The molecule has 0 aliphatic carbocycles. The summed E-state index contributed by atoms with van der Waals surface area (Å²) in [4.78, 5) is 6.32. The molecule has 0 radical (unpaired) electrons. The number of hydrogen-bond acceptors (Lipinski definition) is 3. The predicted molar refractivity (Wildman–Crippen MR) is 81.7 cm³/mol. The first-order valence-electron chi connectivity index (χ1n) is 7.35. The van der Waals surface area contributed by atoms with Gasteiger partial charge in [0.1, 0.15) is 11.9 Å². The Kier molecular flexibility index (Phi) is 4.12. The van der Waals surface area contributed by atoms with Gasteiger partial charge in [0.2, 0.25) is 0 Å². The van der Waals surface area contributed by atoms with Crippen LogP contribution in [0.4, 0.5) is 0 Å². The lowest BCUT2D eigenvalue weighted by atomic mass is 9.88. The third-order valence-electron chi connectivity index (χ3n) is 3.90. The molecule has 1 saturated heterocycles. The monoisotopic (exact) mass is 277 g/mol. The summed E-state index contributed by atoms with van der Waals surface area (Å²) in [7, 11) is 1.69. The minimum atomic E-state index is -0.00532. The van der Waals surface area contributed by atoms with E-state index < -0.39 is 0 Å². The maximum Gasteiger partial charge on any atom is 0.118 e. The van der Waals surface area contributed by atoms with Gasteiger partial charge in [-0.1, -0.05) is 12.1 Å². The van der Waals surface area contributed by atoms with Gasteiger partial charge in [-0.3, -0.25) is 4.84 Å². The van der Waals surface area contributed by atoms with Crippen LogP contribution in [-0.4, -0.2) is 23.3 Å². The minimum Gasteiger partial charge on any atom is -0.497 e. The number of hydrogen-bond donors (Lipinski definition) is 0. The molecule has 0 saturated carbocycles. The zero-order valence-electron chi connectivity index (χ0n) is 13.6. The predicted octanol–water partition coefficient (Wildman–Crippen LogP) is 4.34. The molecular weight excluding hydrogens is 250 g/mol. The van der Waals surface area contributed by atoms with Crippen LogP contribution >= 0.6 is 0 Å². The molecule has 0 bridgehead atoms. The van der Waals surface area contributed by atoms with Crippen molar-refractivity contribution in [3.63, 3.8) is 0 Å². The van der Waals surface area contributed by atoms with Gasteiger partial charge in [-0.05, 0) is 65.2 Å². The quantitative estimate of drug-likeness (QED) is 0.802. The highest BCUT2D eigenvalue weighted by molar-refractivity contribution is 5.28. The molecule has 1 unspecified atom stereocenters. The average Bonchev–Trinajstić information content (AvgIpc) is 2.37. The van der Waals surface area contributed by atoms with E-state index in [0.717, 1.165) is 18.6 Å². The Bertz CT molecular complexity index is 445. The van der Waals surface area contributed by atoms with Crippen molar-refractivity contribution < 1.29 is 9.57 Å². The van der Waals surface area contributed by atoms with E-state index in [4.69, 9.17) is 9.57 Å². The van der Waals surface area contributed by atoms with Crippen molar-refractivity contribution in [2.75, 3.05) is 7.11 Å². The highest BCUT2D eigenvalue weighted by atomic mass is 16.7. The summed E-state index contributed by atoms with van der Waals surface area (Å²) in [6.07, 6.45) is 2.31. The Labute approximate surface area is 122 Å². The molecule has 1 aromatic carbocycles. The summed E-state index contributed by atoms with van der Waals surface area (Å²) in [5, 5.41) is 2.17. The minimum absolute atomic E-state index is 0.00532. The van der Waals surface area contributed by atoms with Crippen LogP contribution in [0.5, 0.6) is 5.75 Å². The molecule has 3 nitrogen and oxygen atoms in total. The van der Waals surface area contributed by atoms with Crippen LogP contribution < -0.4 is 4.74 Å². The highest BCUT2D eigenvalue weighted by Crippen LogP contribution is 2.41. The fourth-order valence-electron chi connectivity index (χ4n) is 3.02. The molecule has 3 heteroatoms. The molecule has 1 heterocycles. The van der Waals surface area contributed by atoms with Crippen LogP contribution in [0, 0.1) is 0 Å². The van der Waals surface area contributed by atoms with Gasteiger partial charge in [0.05, 0.1) is 7.11 Å². The van der Waals surface area contributed by atoms with E-state index in [-0.39, 0.29) is 17.2 Å². The first-order valence-corrected chi connectivity index (χ1v) is 7.35. The summed E-state index contributed by atoms with van der Waals surface area (Å²) in [6, 6.07) is 8.20. The van der Waals surface area contributed by atoms with Gasteiger partial charge in [0.15, 0.2) is 0 Å². The SMILES string of the molecule is COc1ccc(C2CCC(C)(C)N(C(C)(C)C)O2)cc1. The molecule has 0 N–H and O–H groups in total. The first-order chi connectivity index (χ1) is 9.24. The van der Waals surface area contributed by atoms with Crippen molar-refractivity contribution in [1.82, 2.24) is 5.06 Å². The van der Waals surface area contributed by atoms with Crippen LogP contribution in [0.1, 0.15) is 59.1 Å². The molecule has 1 aliphatic heterocycles. The van der Waals surface area contributed by atoms with Crippen LogP contribution in [0.25, 0.3) is 0 Å². The molecule has 2 rings (SSSR count). The Hall–Kier alpha value is -1.06. The molecule has 1 atom stereocenters. The second-order valence-corrected chi connectivity index (χ2v) is 7.18. The van der Waals surface area contributed by atoms with Gasteiger partial charge in [0, 0.05) is 11.1 Å². The number of nitrogens with zero attached hydrogens (tertiary/aromatic N) is 1. The number of benzene rings is 1. The van der Waals surface area contributed by atoms with E-state index in [0.29, 0.717) is 0 Å². The zero-order valence-corrected chi connectivity index (χ0v) is 13.6. The lowest BCUT2D eigenvalue weighted by Gasteiger charge is -2.51. The van der Waals surface area contributed by atoms with Crippen LogP contribution in [0.3, 0.4) is 0 Å². The number of rotatable bonds is 2. The normalized spacial score (nSPS) is 23.6. The number of methoxy groups -OCH3 is 1. The third-order valence-corrected chi connectivity index (χ3v) is 3.90. The first kappa shape index (κ1) is 15.3. The fourth-order valence-corrected chi connectivity index (χ4v) is 3.02. The van der Waals surface area contributed by atoms with Crippen LogP contribution in [0.15, 0.2) is 24.3 Å². The summed E-state index contributed by atoms with van der Waals surface area (Å²) >= 11 is 0. The molecule has 1 fully saturated rings. The zero-order chi connectivity index (χ0) is 15.0. The number of ether oxygens (including phenoxy) is 1. The summed E-state index contributed by atoms with van der Waals surface area (Å²) < 4.78 is 5.21. The Morgan fingerprint density at radius 2 is 1.80 bits per heavy atom. The van der Waals surface area contributed by atoms with E-state index in [1.54, 1.807) is 7.11 Å². The van der Waals surface area contributed by atoms with Crippen molar-refractivity contribution in [3.8, 4) is 5.75 Å². The van der Waals surface area contributed by atoms with Crippen LogP contribution in [-0.2, 0) is 4.84 Å². The van der Waals surface area contributed by atoms with E-state index in [1.165, 1.54) is 5.56 Å². The lowest BCUT2D eigenvalue weighted by molar-refractivity contribution is -0.315. The van der Waals surface area contributed by atoms with E-state index in [2.05, 4.69) is 51.8 Å². The maximum absolute atomic E-state index is 6.32. The second kappa shape index (κ2) is 5.38. The summed E-state index contributed by atoms with van der Waals surface area (Å²) in [6.45, 7) is 11.1. The molecular formula is C17H27NO2. The van der Waals surface area contributed by atoms with Crippen molar-refractivity contribution in [2.24, 2.45) is 0 Å². The lowest BCUT2D eigenvalue weighted by Crippen LogP contribution is -2.56. The topological polar surface area (TPSA) is 21.7 Å². The Morgan fingerprint density at radius 1 is 1.20 bits per heavy atom. The molecule has 20 heavy (non-hydrogen) atoms. The van der Waals surface area contributed by atoms with Gasteiger partial charge in [0.25, 0.3) is 0 Å². The van der Waals surface area contributed by atoms with E-state index >= 15 is 0 Å². The van der Waals surface area contributed by atoms with E-state index in [1.807, 2.05) is 12.1 Å². The third kappa shape index (κ3) is 3.15. The molecule has 0 spiro atoms. The van der Waals surface area contributed by atoms with Gasteiger partial charge >= 0.3 is 0 Å². The van der Waals surface area contributed by atoms with Crippen LogP contribution in [0.2, 0.25) is 0 Å². The fraction of sp³-hybridized carbons (Fsp3) is 0.647. The smallest absolute Gasteiger partial charge is 0.118 e. The summed E-state index contributed by atoms with van der Waals surface area (Å²) in [5.74, 6) is 0.887. The van der Waals surface area contributed by atoms with Gasteiger partial charge in [-0.15, -0.1) is 0 Å². The van der Waals surface area contributed by atoms with Gasteiger partial charge < -0.3 is 4.74 Å². The largest absolute Gasteiger partial charge is 0.497 e. The number of hydroxylamine groups is 2. The summed E-state index contributed by atoms with van der Waals surface area (Å²) in [5.41, 5.74) is 1.28. The van der Waals surface area contributed by atoms with Gasteiger partial charge in [-0.25, -0.2) is 0 Å². The maximum atomic E-state index is 6.32. The van der Waals surface area contributed by atoms with Crippen molar-refractivity contribution in [3.05, 3.63) is 29.8 Å². The van der Waals surface area contributed by atoms with Crippen molar-refractivity contribution in [2.45, 2.75) is 64.6 Å². The van der Waals surface area contributed by atoms with E-state index in [9.17, 15) is 0 Å². The molecule has 112 valence electrons. The molecule has 1 aliphatic rings. The average molecular weight is 277 g/mol. The second-order valence-electron chi connectivity index (χ2n) is 7.18. The molecule has 0 amide bonds. The molecule has 0 aromatic heterocycles. The van der Waals surface area contributed by atoms with Gasteiger partial charge in [-0.2, -0.15) is 5.06 Å². The molecule has 1 aromatic rings. The van der Waals surface area contributed by atoms with Crippen molar-refractivity contribution >= 4 is 0 Å². The van der Waals surface area contributed by atoms with Crippen molar-refractivity contribution in [1.29, 1.82) is 0 Å². The standard InChI is InChI=1S/C17H27NO2/c1-16(2,3)18-17(4,5)12-11-15(20-18)13-7-9-14(19-6)10-8-13/h7-10,15H,11-12H2,1-6H3. The Balaban J connectivity index is 2.18.